The maximum absolute atomic E-state index is 12.4. The van der Waals surface area contributed by atoms with E-state index in [2.05, 4.69) is 10.6 Å². The minimum absolute atomic E-state index is 0.0609. The van der Waals surface area contributed by atoms with Crippen molar-refractivity contribution in [2.75, 3.05) is 0 Å². The van der Waals surface area contributed by atoms with Crippen molar-refractivity contribution in [3.63, 3.8) is 0 Å². The van der Waals surface area contributed by atoms with Crippen molar-refractivity contribution < 1.29 is 9.59 Å². The maximum Gasteiger partial charge on any atom is 0.312 e. The van der Waals surface area contributed by atoms with Crippen LogP contribution in [0.5, 0.6) is 0 Å². The number of benzene rings is 1. The van der Waals surface area contributed by atoms with Gasteiger partial charge in [0.05, 0.1) is 12.5 Å². The molecule has 3 amide bonds. The third kappa shape index (κ3) is 6.40. The van der Waals surface area contributed by atoms with E-state index in [1.165, 1.54) is 19.3 Å². The molecule has 4 N–H and O–H groups in total. The van der Waals surface area contributed by atoms with Crippen molar-refractivity contribution in [2.45, 2.75) is 63.5 Å². The van der Waals surface area contributed by atoms with Gasteiger partial charge in [0.15, 0.2) is 0 Å². The van der Waals surface area contributed by atoms with E-state index < -0.39 is 12.1 Å². The van der Waals surface area contributed by atoms with E-state index in [1.807, 2.05) is 0 Å². The van der Waals surface area contributed by atoms with E-state index in [4.69, 9.17) is 17.3 Å². The van der Waals surface area contributed by atoms with Gasteiger partial charge in [-0.3, -0.25) is 4.79 Å². The Morgan fingerprint density at radius 2 is 1.67 bits per heavy atom. The Kier molecular flexibility index (Phi) is 7.37. The normalized spacial score (nSPS) is 17.4. The van der Waals surface area contributed by atoms with Gasteiger partial charge in [-0.15, -0.1) is 0 Å². The second kappa shape index (κ2) is 9.52. The summed E-state index contributed by atoms with van der Waals surface area (Å²) in [7, 11) is 0. The number of hydrogen-bond donors (Lipinski definition) is 3. The monoisotopic (exact) mass is 351 g/mol. The summed E-state index contributed by atoms with van der Waals surface area (Å²) in [5, 5.41) is 6.36. The van der Waals surface area contributed by atoms with Crippen LogP contribution in [0.15, 0.2) is 24.3 Å². The lowest BCUT2D eigenvalue weighted by Crippen LogP contribution is -2.40. The highest BCUT2D eigenvalue weighted by atomic mass is 35.5. The Hall–Kier alpha value is -1.75. The summed E-state index contributed by atoms with van der Waals surface area (Å²) < 4.78 is 0. The van der Waals surface area contributed by atoms with E-state index in [0.29, 0.717) is 5.02 Å². The molecule has 1 fully saturated rings. The fraction of sp³-hybridized carbons (Fsp3) is 0.556. The van der Waals surface area contributed by atoms with Crippen LogP contribution in [0.2, 0.25) is 5.02 Å². The molecule has 2 rings (SSSR count). The molecule has 6 heteroatoms. The Morgan fingerprint density at radius 3 is 2.25 bits per heavy atom. The van der Waals surface area contributed by atoms with Gasteiger partial charge in [0.1, 0.15) is 0 Å². The van der Waals surface area contributed by atoms with E-state index in [-0.39, 0.29) is 18.4 Å². The third-order valence-electron chi connectivity index (χ3n) is 4.45. The molecule has 0 heterocycles. The number of nitrogens with one attached hydrogen (secondary N) is 2. The van der Waals surface area contributed by atoms with Crippen LogP contribution < -0.4 is 16.4 Å². The van der Waals surface area contributed by atoms with Crippen LogP contribution in [0.1, 0.15) is 63.0 Å². The smallest absolute Gasteiger partial charge is 0.312 e. The van der Waals surface area contributed by atoms with Crippen LogP contribution in [0.3, 0.4) is 0 Å². The summed E-state index contributed by atoms with van der Waals surface area (Å²) in [5.74, 6) is -0.0609. The average Bonchev–Trinajstić information content (AvgIpc) is 2.49. The largest absolute Gasteiger partial charge is 0.353 e. The van der Waals surface area contributed by atoms with Crippen molar-refractivity contribution in [1.29, 1.82) is 0 Å². The predicted molar refractivity (Wildman–Crippen MR) is 95.8 cm³/mol. The fourth-order valence-corrected chi connectivity index (χ4v) is 3.32. The quantitative estimate of drug-likeness (QED) is 0.756. The van der Waals surface area contributed by atoms with E-state index >= 15 is 0 Å². The molecule has 1 saturated carbocycles. The summed E-state index contributed by atoms with van der Waals surface area (Å²) in [5.41, 5.74) is 6.06. The number of halogens is 1. The maximum atomic E-state index is 12.4. The molecule has 132 valence electrons. The number of urea groups is 1. The first-order chi connectivity index (χ1) is 11.5. The van der Waals surface area contributed by atoms with Gasteiger partial charge in [-0.1, -0.05) is 55.8 Å². The van der Waals surface area contributed by atoms with Crippen LogP contribution >= 0.6 is 11.6 Å². The van der Waals surface area contributed by atoms with E-state index in [1.54, 1.807) is 24.3 Å². The van der Waals surface area contributed by atoms with Crippen molar-refractivity contribution >= 4 is 23.5 Å². The third-order valence-corrected chi connectivity index (χ3v) is 4.70. The second-order valence-corrected chi connectivity index (χ2v) is 6.86. The van der Waals surface area contributed by atoms with Gasteiger partial charge in [0, 0.05) is 11.1 Å². The number of rotatable bonds is 5. The number of carbonyl (C=O) groups is 2. The number of carbonyl (C=O) groups excluding carboxylic acids is 2. The molecule has 0 bridgehead atoms. The molecule has 1 unspecified atom stereocenters. The van der Waals surface area contributed by atoms with Gasteiger partial charge >= 0.3 is 6.03 Å². The average molecular weight is 352 g/mol. The Morgan fingerprint density at radius 1 is 1.08 bits per heavy atom. The number of nitrogens with two attached hydrogens (primary N) is 1. The molecule has 1 aliphatic rings. The van der Waals surface area contributed by atoms with Gasteiger partial charge in [-0.25, -0.2) is 4.79 Å². The van der Waals surface area contributed by atoms with Crippen LogP contribution in [-0.2, 0) is 4.79 Å². The number of hydrogen-bond acceptors (Lipinski definition) is 2. The molecule has 1 aromatic rings. The Balaban J connectivity index is 1.95. The highest BCUT2D eigenvalue weighted by Crippen LogP contribution is 2.21. The lowest BCUT2D eigenvalue weighted by atomic mass is 9.96. The minimum Gasteiger partial charge on any atom is -0.353 e. The van der Waals surface area contributed by atoms with Crippen molar-refractivity contribution in [2.24, 2.45) is 5.73 Å². The Bertz CT molecular complexity index is 540. The summed E-state index contributed by atoms with van der Waals surface area (Å²) in [6, 6.07) is 6.20. The second-order valence-electron chi connectivity index (χ2n) is 6.43. The molecule has 0 spiro atoms. The van der Waals surface area contributed by atoms with Crippen molar-refractivity contribution in [3.8, 4) is 0 Å². The van der Waals surface area contributed by atoms with Crippen LogP contribution in [-0.4, -0.2) is 18.0 Å². The van der Waals surface area contributed by atoms with Crippen molar-refractivity contribution in [1.82, 2.24) is 10.6 Å². The Labute approximate surface area is 148 Å². The summed E-state index contributed by atoms with van der Waals surface area (Å²) >= 11 is 5.89. The fourth-order valence-electron chi connectivity index (χ4n) is 3.19. The lowest BCUT2D eigenvalue weighted by Gasteiger charge is -2.23. The van der Waals surface area contributed by atoms with E-state index in [9.17, 15) is 9.59 Å². The SMILES string of the molecule is NC(=O)NC(CC(=O)NC1CCCCCCC1)c1ccc(Cl)cc1. The molecule has 1 aliphatic carbocycles. The summed E-state index contributed by atoms with van der Waals surface area (Å²) in [6.45, 7) is 0. The van der Waals surface area contributed by atoms with Gasteiger partial charge in [0.25, 0.3) is 0 Å². The lowest BCUT2D eigenvalue weighted by molar-refractivity contribution is -0.122. The molecule has 0 radical (unpaired) electrons. The topological polar surface area (TPSA) is 84.2 Å². The molecule has 0 aliphatic heterocycles. The first-order valence-corrected chi connectivity index (χ1v) is 9.03. The predicted octanol–water partition coefficient (Wildman–Crippen LogP) is 3.67. The number of primary amides is 1. The zero-order chi connectivity index (χ0) is 17.4. The minimum atomic E-state index is -0.645. The van der Waals surface area contributed by atoms with Gasteiger partial charge in [-0.05, 0) is 30.5 Å². The molecule has 1 aromatic carbocycles. The highest BCUT2D eigenvalue weighted by Gasteiger charge is 2.20. The van der Waals surface area contributed by atoms with Gasteiger partial charge < -0.3 is 16.4 Å². The van der Waals surface area contributed by atoms with Crippen LogP contribution in [0, 0.1) is 0 Å². The zero-order valence-corrected chi connectivity index (χ0v) is 14.6. The first kappa shape index (κ1) is 18.6. The molecule has 24 heavy (non-hydrogen) atoms. The standard InChI is InChI=1S/C18H26ClN3O2/c19-14-10-8-13(9-11-14)16(22-18(20)24)12-17(23)21-15-6-4-2-1-3-5-7-15/h8-11,15-16H,1-7,12H2,(H,21,23)(H3,20,22,24). The number of amides is 3. The molecule has 1 atom stereocenters. The summed E-state index contributed by atoms with van der Waals surface area (Å²) in [6.07, 6.45) is 8.31. The molecule has 0 saturated heterocycles. The van der Waals surface area contributed by atoms with Gasteiger partial charge in [0.2, 0.25) is 5.91 Å². The van der Waals surface area contributed by atoms with Crippen molar-refractivity contribution in [3.05, 3.63) is 34.9 Å². The molecular weight excluding hydrogens is 326 g/mol. The molecular formula is C18H26ClN3O2. The molecule has 5 nitrogen and oxygen atoms in total. The zero-order valence-electron chi connectivity index (χ0n) is 13.9. The van der Waals surface area contributed by atoms with Crippen LogP contribution in [0.25, 0.3) is 0 Å². The van der Waals surface area contributed by atoms with Crippen LogP contribution in [0.4, 0.5) is 4.79 Å². The van der Waals surface area contributed by atoms with E-state index in [0.717, 1.165) is 31.2 Å². The summed E-state index contributed by atoms with van der Waals surface area (Å²) in [4.78, 5) is 23.7. The molecule has 0 aromatic heterocycles. The first-order valence-electron chi connectivity index (χ1n) is 8.65. The van der Waals surface area contributed by atoms with Gasteiger partial charge in [-0.2, -0.15) is 0 Å². The highest BCUT2D eigenvalue weighted by molar-refractivity contribution is 6.30.